The third-order valence-corrected chi connectivity index (χ3v) is 2.32. The van der Waals surface area contributed by atoms with Gasteiger partial charge in [0.2, 0.25) is 0 Å². The molecule has 0 atom stereocenters. The van der Waals surface area contributed by atoms with Crippen LogP contribution in [0.25, 0.3) is 0 Å². The summed E-state index contributed by atoms with van der Waals surface area (Å²) in [5.74, 6) is -0.0452. The van der Waals surface area contributed by atoms with Gasteiger partial charge in [-0.25, -0.2) is 4.39 Å². The Morgan fingerprint density at radius 2 is 2.08 bits per heavy atom. The number of nitrogens with one attached hydrogen (secondary N) is 1. The van der Waals surface area contributed by atoms with Gasteiger partial charge in [-0.1, -0.05) is 15.9 Å². The third kappa shape index (κ3) is 2.28. The quantitative estimate of drug-likeness (QED) is 0.597. The maximum Gasteiger partial charge on any atom is 0.128 e. The number of rotatable bonds is 1. The number of hydrogen-bond acceptors (Lipinski definition) is 1. The van der Waals surface area contributed by atoms with E-state index in [1.54, 1.807) is 25.1 Å². The molecule has 13 heavy (non-hydrogen) atoms. The third-order valence-electron chi connectivity index (χ3n) is 1.63. The van der Waals surface area contributed by atoms with E-state index in [4.69, 9.17) is 5.41 Å². The number of benzene rings is 1. The van der Waals surface area contributed by atoms with Crippen LogP contribution in [0.5, 0.6) is 0 Å². The molecule has 1 aromatic carbocycles. The maximum absolute atomic E-state index is 12.8. The molecule has 0 aliphatic rings. The summed E-state index contributed by atoms with van der Waals surface area (Å²) < 4.78 is 13.6. The fourth-order valence-electron chi connectivity index (χ4n) is 0.920. The normalized spacial score (nSPS) is 9.85. The van der Waals surface area contributed by atoms with E-state index in [1.807, 2.05) is 0 Å². The summed E-state index contributed by atoms with van der Waals surface area (Å²) in [6.45, 7) is 0. The highest BCUT2D eigenvalue weighted by molar-refractivity contribution is 9.10. The molecule has 0 spiro atoms. The minimum atomic E-state index is -0.329. The average Bonchev–Trinajstić information content (AvgIpc) is 2.08. The smallest absolute Gasteiger partial charge is 0.128 e. The Bertz CT molecular complexity index is 336. The number of hydrogen-bond donors (Lipinski definition) is 1. The van der Waals surface area contributed by atoms with Gasteiger partial charge in [-0.05, 0) is 18.2 Å². The Morgan fingerprint density at radius 3 is 2.62 bits per heavy atom. The van der Waals surface area contributed by atoms with Gasteiger partial charge >= 0.3 is 0 Å². The zero-order valence-electron chi connectivity index (χ0n) is 7.44. The van der Waals surface area contributed by atoms with Crippen molar-refractivity contribution in [3.63, 3.8) is 0 Å². The monoisotopic (exact) mass is 244 g/mol. The second-order valence-corrected chi connectivity index (χ2v) is 3.72. The minimum absolute atomic E-state index is 0.284. The van der Waals surface area contributed by atoms with Gasteiger partial charge in [-0.3, -0.25) is 5.41 Å². The molecular weight excluding hydrogens is 235 g/mol. The Balaban J connectivity index is 3.13. The molecule has 0 aliphatic heterocycles. The van der Waals surface area contributed by atoms with E-state index in [0.717, 1.165) is 4.47 Å². The van der Waals surface area contributed by atoms with Gasteiger partial charge in [0, 0.05) is 24.1 Å². The summed E-state index contributed by atoms with van der Waals surface area (Å²) in [5, 5.41) is 7.65. The van der Waals surface area contributed by atoms with Crippen molar-refractivity contribution >= 4 is 21.8 Å². The molecule has 1 N–H and O–H groups in total. The van der Waals surface area contributed by atoms with Crippen LogP contribution in [0.1, 0.15) is 5.56 Å². The first-order valence-corrected chi connectivity index (χ1v) is 4.53. The van der Waals surface area contributed by atoms with Crippen LogP contribution in [-0.2, 0) is 0 Å². The van der Waals surface area contributed by atoms with Gasteiger partial charge < -0.3 is 4.90 Å². The van der Waals surface area contributed by atoms with Gasteiger partial charge in [0.05, 0.1) is 0 Å². The lowest BCUT2D eigenvalue weighted by Crippen LogP contribution is -2.22. The van der Waals surface area contributed by atoms with Crippen LogP contribution in [0.2, 0.25) is 0 Å². The molecule has 0 amide bonds. The van der Waals surface area contributed by atoms with Gasteiger partial charge in [0.1, 0.15) is 11.7 Å². The highest BCUT2D eigenvalue weighted by atomic mass is 79.9. The molecule has 0 unspecified atom stereocenters. The molecule has 1 aromatic rings. The second kappa shape index (κ2) is 3.87. The fraction of sp³-hybridized carbons (Fsp3) is 0.222. The van der Waals surface area contributed by atoms with E-state index in [-0.39, 0.29) is 11.7 Å². The summed E-state index contributed by atoms with van der Waals surface area (Å²) in [6.07, 6.45) is 0. The van der Waals surface area contributed by atoms with Crippen molar-refractivity contribution in [1.82, 2.24) is 4.90 Å². The second-order valence-electron chi connectivity index (χ2n) is 2.87. The van der Waals surface area contributed by atoms with Crippen LogP contribution < -0.4 is 0 Å². The van der Waals surface area contributed by atoms with Crippen LogP contribution in [0.3, 0.4) is 0 Å². The molecule has 1 rings (SSSR count). The lowest BCUT2D eigenvalue weighted by atomic mass is 10.2. The first kappa shape index (κ1) is 10.2. The molecule has 0 saturated carbocycles. The van der Waals surface area contributed by atoms with Gasteiger partial charge in [0.15, 0.2) is 0 Å². The zero-order valence-corrected chi connectivity index (χ0v) is 9.02. The molecule has 2 nitrogen and oxygen atoms in total. The first-order valence-electron chi connectivity index (χ1n) is 3.73. The lowest BCUT2D eigenvalue weighted by Gasteiger charge is -2.14. The van der Waals surface area contributed by atoms with Crippen molar-refractivity contribution < 1.29 is 4.39 Å². The molecule has 0 radical (unpaired) electrons. The maximum atomic E-state index is 12.8. The summed E-state index contributed by atoms with van der Waals surface area (Å²) in [4.78, 5) is 1.62. The van der Waals surface area contributed by atoms with Crippen molar-refractivity contribution in [2.45, 2.75) is 0 Å². The van der Waals surface area contributed by atoms with Crippen LogP contribution in [0.4, 0.5) is 4.39 Å². The van der Waals surface area contributed by atoms with Crippen molar-refractivity contribution in [3.05, 3.63) is 34.1 Å². The number of amidine groups is 1. The fourth-order valence-corrected chi connectivity index (χ4v) is 1.35. The predicted octanol–water partition coefficient (Wildman–Crippen LogP) is 2.48. The Labute approximate surface area is 85.0 Å². The van der Waals surface area contributed by atoms with E-state index in [0.29, 0.717) is 5.56 Å². The Morgan fingerprint density at radius 1 is 1.46 bits per heavy atom. The summed E-state index contributed by atoms with van der Waals surface area (Å²) in [5.41, 5.74) is 0.560. The van der Waals surface area contributed by atoms with E-state index >= 15 is 0 Å². The van der Waals surface area contributed by atoms with E-state index in [2.05, 4.69) is 15.9 Å². The van der Waals surface area contributed by atoms with Gasteiger partial charge in [0.25, 0.3) is 0 Å². The number of nitrogens with zero attached hydrogens (tertiary/aromatic N) is 1. The van der Waals surface area contributed by atoms with Crippen LogP contribution in [0.15, 0.2) is 22.7 Å². The average molecular weight is 245 g/mol. The first-order chi connectivity index (χ1) is 6.02. The van der Waals surface area contributed by atoms with Crippen molar-refractivity contribution in [2.75, 3.05) is 14.1 Å². The van der Waals surface area contributed by atoms with Crippen LogP contribution >= 0.6 is 15.9 Å². The van der Waals surface area contributed by atoms with Crippen LogP contribution in [0, 0.1) is 11.2 Å². The van der Waals surface area contributed by atoms with E-state index < -0.39 is 0 Å². The zero-order chi connectivity index (χ0) is 10.0. The topological polar surface area (TPSA) is 27.1 Å². The molecule has 0 bridgehead atoms. The molecular formula is C9H10BrFN2. The molecule has 0 aromatic heterocycles. The summed E-state index contributed by atoms with van der Waals surface area (Å²) in [7, 11) is 3.50. The molecule has 70 valence electrons. The minimum Gasteiger partial charge on any atom is -0.363 e. The SMILES string of the molecule is CN(C)C(=N)c1cc(F)ccc1Br. The largest absolute Gasteiger partial charge is 0.363 e. The molecule has 0 fully saturated rings. The van der Waals surface area contributed by atoms with Crippen molar-refractivity contribution in [3.8, 4) is 0 Å². The summed E-state index contributed by atoms with van der Waals surface area (Å²) >= 11 is 3.27. The molecule has 0 aliphatic carbocycles. The highest BCUT2D eigenvalue weighted by Gasteiger charge is 2.08. The van der Waals surface area contributed by atoms with Crippen molar-refractivity contribution in [1.29, 1.82) is 5.41 Å². The standard InChI is InChI=1S/C9H10BrFN2/c1-13(2)9(12)7-5-6(11)3-4-8(7)10/h3-5,12H,1-2H3. The lowest BCUT2D eigenvalue weighted by molar-refractivity contribution is 0.611. The van der Waals surface area contributed by atoms with E-state index in [9.17, 15) is 4.39 Å². The molecule has 0 saturated heterocycles. The number of halogens is 2. The molecule has 4 heteroatoms. The summed E-state index contributed by atoms with van der Waals surface area (Å²) in [6, 6.07) is 4.30. The van der Waals surface area contributed by atoms with E-state index in [1.165, 1.54) is 12.1 Å². The highest BCUT2D eigenvalue weighted by Crippen LogP contribution is 2.18. The Kier molecular flexibility index (Phi) is 3.03. The van der Waals surface area contributed by atoms with Crippen molar-refractivity contribution in [2.24, 2.45) is 0 Å². The Hall–Kier alpha value is -0.900. The predicted molar refractivity (Wildman–Crippen MR) is 54.6 cm³/mol. The van der Waals surface area contributed by atoms with Gasteiger partial charge in [-0.2, -0.15) is 0 Å². The van der Waals surface area contributed by atoms with Crippen LogP contribution in [-0.4, -0.2) is 24.8 Å². The molecule has 0 heterocycles. The van der Waals surface area contributed by atoms with Gasteiger partial charge in [-0.15, -0.1) is 0 Å².